The minimum Gasteiger partial charge on any atom is -0.360 e. The quantitative estimate of drug-likeness (QED) is 0.805. The van der Waals surface area contributed by atoms with Crippen molar-refractivity contribution >= 4 is 23.0 Å². The lowest BCUT2D eigenvalue weighted by Crippen LogP contribution is -2.36. The summed E-state index contributed by atoms with van der Waals surface area (Å²) in [6.07, 6.45) is 1.87. The van der Waals surface area contributed by atoms with Crippen molar-refractivity contribution in [3.8, 4) is 0 Å². The van der Waals surface area contributed by atoms with Gasteiger partial charge in [-0.2, -0.15) is 0 Å². The van der Waals surface area contributed by atoms with Crippen LogP contribution in [0.25, 0.3) is 0 Å². The molecule has 0 saturated heterocycles. The highest BCUT2D eigenvalue weighted by atomic mass is 32.1. The number of anilines is 1. The Morgan fingerprint density at radius 1 is 1.09 bits per heavy atom. The molecule has 0 radical (unpaired) electrons. The van der Waals surface area contributed by atoms with E-state index in [0.717, 1.165) is 25.0 Å². The molecular weight excluding hydrogens is 302 g/mol. The number of rotatable bonds is 5. The van der Waals surface area contributed by atoms with Crippen LogP contribution in [0.15, 0.2) is 48.5 Å². The van der Waals surface area contributed by atoms with E-state index < -0.39 is 11.6 Å². The summed E-state index contributed by atoms with van der Waals surface area (Å²) in [5.74, 6) is -1.77. The van der Waals surface area contributed by atoms with Gasteiger partial charge in [-0.1, -0.05) is 30.3 Å². The van der Waals surface area contributed by atoms with E-state index in [-0.39, 0.29) is 6.04 Å². The van der Waals surface area contributed by atoms with E-state index >= 15 is 0 Å². The van der Waals surface area contributed by atoms with E-state index in [9.17, 15) is 8.78 Å². The van der Waals surface area contributed by atoms with Gasteiger partial charge < -0.3 is 10.6 Å². The lowest BCUT2D eigenvalue weighted by Gasteiger charge is -2.17. The summed E-state index contributed by atoms with van der Waals surface area (Å²) in [4.78, 5) is 0. The van der Waals surface area contributed by atoms with E-state index in [0.29, 0.717) is 10.8 Å². The molecule has 2 N–H and O–H groups in total. The first-order valence-corrected chi connectivity index (χ1v) is 7.52. The number of nitrogens with one attached hydrogen (secondary N) is 2. The molecule has 0 aliphatic carbocycles. The van der Waals surface area contributed by atoms with Crippen LogP contribution in [0.4, 0.5) is 14.5 Å². The minimum absolute atomic E-state index is 0.172. The van der Waals surface area contributed by atoms with Gasteiger partial charge in [0.15, 0.2) is 16.7 Å². The predicted molar refractivity (Wildman–Crippen MR) is 89.9 cm³/mol. The van der Waals surface area contributed by atoms with Crippen molar-refractivity contribution in [1.82, 2.24) is 5.32 Å². The van der Waals surface area contributed by atoms with Crippen LogP contribution in [0.1, 0.15) is 18.9 Å². The average molecular weight is 320 g/mol. The van der Waals surface area contributed by atoms with Crippen molar-refractivity contribution in [1.29, 1.82) is 0 Å². The van der Waals surface area contributed by atoms with Crippen molar-refractivity contribution in [3.63, 3.8) is 0 Å². The van der Waals surface area contributed by atoms with Gasteiger partial charge in [0, 0.05) is 17.8 Å². The Balaban J connectivity index is 1.79. The van der Waals surface area contributed by atoms with Gasteiger partial charge in [-0.15, -0.1) is 0 Å². The fourth-order valence-corrected chi connectivity index (χ4v) is 2.38. The summed E-state index contributed by atoms with van der Waals surface area (Å²) >= 11 is 5.18. The second kappa shape index (κ2) is 7.84. The molecule has 116 valence electrons. The molecule has 0 aliphatic rings. The normalized spacial score (nSPS) is 11.8. The molecule has 0 spiro atoms. The fourth-order valence-electron chi connectivity index (χ4n) is 2.06. The van der Waals surface area contributed by atoms with Gasteiger partial charge in [0.2, 0.25) is 0 Å². The first-order valence-electron chi connectivity index (χ1n) is 7.11. The van der Waals surface area contributed by atoms with Crippen LogP contribution in [0, 0.1) is 11.6 Å². The highest BCUT2D eigenvalue weighted by molar-refractivity contribution is 7.80. The summed E-state index contributed by atoms with van der Waals surface area (Å²) < 4.78 is 26.0. The van der Waals surface area contributed by atoms with Crippen LogP contribution in [-0.2, 0) is 6.42 Å². The Kier molecular flexibility index (Phi) is 5.83. The molecule has 0 fully saturated rings. The largest absolute Gasteiger partial charge is 0.360 e. The molecule has 22 heavy (non-hydrogen) atoms. The standard InChI is InChI=1S/C17H18F2N2S/c1-12(7-8-13-5-3-2-4-6-13)20-17(22)21-14-9-10-15(18)16(19)11-14/h2-6,9-12H,7-8H2,1H3,(H2,20,21,22)/t12-/m1/s1. The highest BCUT2D eigenvalue weighted by Gasteiger charge is 2.07. The summed E-state index contributed by atoms with van der Waals surface area (Å²) in [7, 11) is 0. The minimum atomic E-state index is -0.898. The number of aryl methyl sites for hydroxylation is 1. The average Bonchev–Trinajstić information content (AvgIpc) is 2.50. The van der Waals surface area contributed by atoms with Crippen molar-refractivity contribution in [3.05, 3.63) is 65.7 Å². The first-order chi connectivity index (χ1) is 10.5. The summed E-state index contributed by atoms with van der Waals surface area (Å²) in [6.45, 7) is 2.03. The van der Waals surface area contributed by atoms with Crippen LogP contribution in [0.5, 0.6) is 0 Å². The molecule has 0 aliphatic heterocycles. The van der Waals surface area contributed by atoms with Crippen molar-refractivity contribution in [2.24, 2.45) is 0 Å². The molecule has 5 heteroatoms. The Morgan fingerprint density at radius 2 is 1.82 bits per heavy atom. The topological polar surface area (TPSA) is 24.1 Å². The molecule has 2 nitrogen and oxygen atoms in total. The number of hydrogen-bond donors (Lipinski definition) is 2. The summed E-state index contributed by atoms with van der Waals surface area (Å²) in [6, 6.07) is 14.0. The van der Waals surface area contributed by atoms with Crippen molar-refractivity contribution in [2.45, 2.75) is 25.8 Å². The van der Waals surface area contributed by atoms with Gasteiger partial charge in [0.25, 0.3) is 0 Å². The van der Waals surface area contributed by atoms with Crippen LogP contribution >= 0.6 is 12.2 Å². The zero-order chi connectivity index (χ0) is 15.9. The van der Waals surface area contributed by atoms with Gasteiger partial charge >= 0.3 is 0 Å². The third-order valence-corrected chi connectivity index (χ3v) is 3.48. The molecule has 2 aromatic rings. The third kappa shape index (κ3) is 5.07. The number of halogens is 2. The highest BCUT2D eigenvalue weighted by Crippen LogP contribution is 2.13. The maximum atomic E-state index is 13.1. The SMILES string of the molecule is C[C@H](CCc1ccccc1)NC(=S)Nc1ccc(F)c(F)c1. The van der Waals surface area contributed by atoms with Gasteiger partial charge in [-0.05, 0) is 49.7 Å². The monoisotopic (exact) mass is 320 g/mol. The van der Waals surface area contributed by atoms with Gasteiger partial charge in [-0.25, -0.2) is 8.78 Å². The van der Waals surface area contributed by atoms with Crippen LogP contribution in [-0.4, -0.2) is 11.2 Å². The lowest BCUT2D eigenvalue weighted by molar-refractivity contribution is 0.509. The molecule has 1 atom stereocenters. The second-order valence-corrected chi connectivity index (χ2v) is 5.56. The van der Waals surface area contributed by atoms with Gasteiger partial charge in [0.1, 0.15) is 0 Å². The van der Waals surface area contributed by atoms with E-state index in [2.05, 4.69) is 22.8 Å². The fraction of sp³-hybridized carbons (Fsp3) is 0.235. The molecular formula is C17H18F2N2S. The van der Waals surface area contributed by atoms with E-state index in [1.54, 1.807) is 0 Å². The van der Waals surface area contributed by atoms with Crippen LogP contribution < -0.4 is 10.6 Å². The van der Waals surface area contributed by atoms with Crippen molar-refractivity contribution < 1.29 is 8.78 Å². The molecule has 0 unspecified atom stereocenters. The van der Waals surface area contributed by atoms with Crippen LogP contribution in [0.2, 0.25) is 0 Å². The molecule has 0 bridgehead atoms. The number of thiocarbonyl (C=S) groups is 1. The maximum Gasteiger partial charge on any atom is 0.170 e. The predicted octanol–water partition coefficient (Wildman–Crippen LogP) is 4.27. The Bertz CT molecular complexity index is 632. The van der Waals surface area contributed by atoms with Gasteiger partial charge in [0.05, 0.1) is 0 Å². The molecule has 2 aromatic carbocycles. The molecule has 2 rings (SSSR count). The lowest BCUT2D eigenvalue weighted by atomic mass is 10.1. The summed E-state index contributed by atoms with van der Waals surface area (Å²) in [5, 5.41) is 6.38. The number of benzene rings is 2. The van der Waals surface area contributed by atoms with E-state index in [4.69, 9.17) is 12.2 Å². The molecule has 0 saturated carbocycles. The van der Waals surface area contributed by atoms with Crippen LogP contribution in [0.3, 0.4) is 0 Å². The van der Waals surface area contributed by atoms with Crippen molar-refractivity contribution in [2.75, 3.05) is 5.32 Å². The number of hydrogen-bond acceptors (Lipinski definition) is 1. The molecule has 0 aromatic heterocycles. The van der Waals surface area contributed by atoms with E-state index in [1.807, 2.05) is 25.1 Å². The Morgan fingerprint density at radius 3 is 2.50 bits per heavy atom. The third-order valence-electron chi connectivity index (χ3n) is 3.26. The Labute approximate surface area is 134 Å². The van der Waals surface area contributed by atoms with E-state index in [1.165, 1.54) is 11.6 Å². The zero-order valence-electron chi connectivity index (χ0n) is 12.3. The first kappa shape index (κ1) is 16.4. The second-order valence-electron chi connectivity index (χ2n) is 5.15. The molecule has 0 amide bonds. The smallest absolute Gasteiger partial charge is 0.170 e. The molecule has 0 heterocycles. The maximum absolute atomic E-state index is 13.1. The zero-order valence-corrected chi connectivity index (χ0v) is 13.1. The summed E-state index contributed by atoms with van der Waals surface area (Å²) in [5.41, 5.74) is 1.70. The van der Waals surface area contributed by atoms with Gasteiger partial charge in [-0.3, -0.25) is 0 Å². The Hall–Kier alpha value is -2.01.